The van der Waals surface area contributed by atoms with E-state index in [1.54, 1.807) is 17.5 Å². The van der Waals surface area contributed by atoms with Crippen LogP contribution in [0.2, 0.25) is 0 Å². The van der Waals surface area contributed by atoms with E-state index in [9.17, 15) is 9.90 Å². The molecule has 0 atom stereocenters. The third-order valence-corrected chi connectivity index (χ3v) is 3.27. The first-order chi connectivity index (χ1) is 7.58. The standard InChI is InChI=1S/C12H10O3S/c1-7-2-3-8(4-10(7)13)9-5-11(12(14)15)16-6-9/h2-6,13H,1H3,(H,14,15). The molecule has 0 saturated heterocycles. The van der Waals surface area contributed by atoms with Crippen molar-refractivity contribution in [2.45, 2.75) is 6.92 Å². The number of benzene rings is 1. The van der Waals surface area contributed by atoms with Crippen LogP contribution in [0.25, 0.3) is 11.1 Å². The molecule has 1 heterocycles. The van der Waals surface area contributed by atoms with E-state index in [1.165, 1.54) is 11.3 Å². The lowest BCUT2D eigenvalue weighted by atomic mass is 10.1. The first-order valence-corrected chi connectivity index (χ1v) is 5.57. The number of hydrogen-bond acceptors (Lipinski definition) is 3. The van der Waals surface area contributed by atoms with Crippen molar-refractivity contribution in [2.75, 3.05) is 0 Å². The number of carbonyl (C=O) groups is 1. The summed E-state index contributed by atoms with van der Waals surface area (Å²) in [5.74, 6) is -0.701. The van der Waals surface area contributed by atoms with Gasteiger partial charge in [0.25, 0.3) is 0 Å². The number of rotatable bonds is 2. The number of phenolic OH excluding ortho intramolecular Hbond substituents is 1. The summed E-state index contributed by atoms with van der Waals surface area (Å²) in [5, 5.41) is 20.1. The smallest absolute Gasteiger partial charge is 0.345 e. The van der Waals surface area contributed by atoms with E-state index in [4.69, 9.17) is 5.11 Å². The van der Waals surface area contributed by atoms with E-state index in [2.05, 4.69) is 0 Å². The molecular weight excluding hydrogens is 224 g/mol. The molecule has 1 aromatic heterocycles. The Bertz CT molecular complexity index is 543. The van der Waals surface area contributed by atoms with Gasteiger partial charge in [-0.1, -0.05) is 12.1 Å². The Hall–Kier alpha value is -1.81. The number of hydrogen-bond donors (Lipinski definition) is 2. The summed E-state index contributed by atoms with van der Waals surface area (Å²) in [6.45, 7) is 1.81. The van der Waals surface area contributed by atoms with E-state index in [0.29, 0.717) is 4.88 Å². The first kappa shape index (κ1) is 10.7. The average molecular weight is 234 g/mol. The molecule has 82 valence electrons. The zero-order valence-corrected chi connectivity index (χ0v) is 9.41. The van der Waals surface area contributed by atoms with Crippen molar-refractivity contribution in [2.24, 2.45) is 0 Å². The van der Waals surface area contributed by atoms with Gasteiger partial charge in [-0.2, -0.15) is 0 Å². The molecule has 0 spiro atoms. The highest BCUT2D eigenvalue weighted by Gasteiger charge is 2.08. The van der Waals surface area contributed by atoms with Crippen LogP contribution in [0.15, 0.2) is 29.6 Å². The number of carboxylic acid groups (broad SMARTS) is 1. The van der Waals surface area contributed by atoms with E-state index in [1.807, 2.05) is 19.1 Å². The maximum Gasteiger partial charge on any atom is 0.345 e. The van der Waals surface area contributed by atoms with E-state index in [0.717, 1.165) is 16.7 Å². The highest BCUT2D eigenvalue weighted by Crippen LogP contribution is 2.29. The fourth-order valence-corrected chi connectivity index (χ4v) is 2.14. The van der Waals surface area contributed by atoms with Crippen molar-refractivity contribution in [1.29, 1.82) is 0 Å². The van der Waals surface area contributed by atoms with E-state index in [-0.39, 0.29) is 5.75 Å². The third-order valence-electron chi connectivity index (χ3n) is 2.35. The van der Waals surface area contributed by atoms with Crippen molar-refractivity contribution in [3.8, 4) is 16.9 Å². The highest BCUT2D eigenvalue weighted by molar-refractivity contribution is 7.12. The Morgan fingerprint density at radius 1 is 1.25 bits per heavy atom. The SMILES string of the molecule is Cc1ccc(-c2csc(C(=O)O)c2)cc1O. The number of aromatic hydroxyl groups is 1. The summed E-state index contributed by atoms with van der Waals surface area (Å²) in [5.41, 5.74) is 2.45. The molecular formula is C12H10O3S. The Labute approximate surface area is 96.6 Å². The number of thiophene rings is 1. The predicted molar refractivity (Wildman–Crippen MR) is 63.1 cm³/mol. The van der Waals surface area contributed by atoms with Gasteiger partial charge in [0.1, 0.15) is 10.6 Å². The van der Waals surface area contributed by atoms with Crippen LogP contribution in [0.5, 0.6) is 5.75 Å². The van der Waals surface area contributed by atoms with Gasteiger partial charge in [0.2, 0.25) is 0 Å². The largest absolute Gasteiger partial charge is 0.508 e. The maximum atomic E-state index is 10.7. The molecule has 0 unspecified atom stereocenters. The number of carboxylic acids is 1. The second kappa shape index (κ2) is 3.98. The Morgan fingerprint density at radius 3 is 2.56 bits per heavy atom. The zero-order chi connectivity index (χ0) is 11.7. The van der Waals surface area contributed by atoms with Crippen LogP contribution < -0.4 is 0 Å². The molecule has 2 aromatic rings. The Kier molecular flexibility index (Phi) is 2.66. The van der Waals surface area contributed by atoms with Crippen LogP contribution in [0.3, 0.4) is 0 Å². The van der Waals surface area contributed by atoms with Crippen LogP contribution in [0.4, 0.5) is 0 Å². The highest BCUT2D eigenvalue weighted by atomic mass is 32.1. The van der Waals surface area contributed by atoms with E-state index >= 15 is 0 Å². The molecule has 2 rings (SSSR count). The molecule has 16 heavy (non-hydrogen) atoms. The molecule has 3 nitrogen and oxygen atoms in total. The molecule has 0 bridgehead atoms. The Balaban J connectivity index is 2.42. The van der Waals surface area contributed by atoms with Crippen LogP contribution in [-0.4, -0.2) is 16.2 Å². The van der Waals surface area contributed by atoms with Crippen molar-refractivity contribution >= 4 is 17.3 Å². The van der Waals surface area contributed by atoms with Crippen molar-refractivity contribution in [3.05, 3.63) is 40.1 Å². The monoisotopic (exact) mass is 234 g/mol. The minimum absolute atomic E-state index is 0.223. The lowest BCUT2D eigenvalue weighted by Gasteiger charge is -2.01. The lowest BCUT2D eigenvalue weighted by molar-refractivity contribution is 0.0702. The zero-order valence-electron chi connectivity index (χ0n) is 8.60. The second-order valence-corrected chi connectivity index (χ2v) is 4.42. The van der Waals surface area contributed by atoms with Gasteiger partial charge in [-0.25, -0.2) is 4.79 Å². The van der Waals surface area contributed by atoms with Crippen molar-refractivity contribution in [3.63, 3.8) is 0 Å². The molecule has 1 aromatic carbocycles. The Morgan fingerprint density at radius 2 is 2.00 bits per heavy atom. The minimum atomic E-state index is -0.924. The lowest BCUT2D eigenvalue weighted by Crippen LogP contribution is -1.89. The molecule has 0 aliphatic heterocycles. The number of phenols is 1. The third kappa shape index (κ3) is 1.92. The molecule has 4 heteroatoms. The second-order valence-electron chi connectivity index (χ2n) is 3.51. The summed E-state index contributed by atoms with van der Waals surface area (Å²) >= 11 is 1.18. The first-order valence-electron chi connectivity index (χ1n) is 4.70. The van der Waals surface area contributed by atoms with Gasteiger partial charge in [-0.3, -0.25) is 0 Å². The number of aryl methyl sites for hydroxylation is 1. The van der Waals surface area contributed by atoms with Crippen LogP contribution >= 0.6 is 11.3 Å². The summed E-state index contributed by atoms with van der Waals surface area (Å²) in [6, 6.07) is 6.92. The van der Waals surface area contributed by atoms with Crippen LogP contribution in [0, 0.1) is 6.92 Å². The molecule has 0 radical (unpaired) electrons. The average Bonchev–Trinajstić information content (AvgIpc) is 2.71. The fraction of sp³-hybridized carbons (Fsp3) is 0.0833. The van der Waals surface area contributed by atoms with Gasteiger partial charge in [-0.15, -0.1) is 11.3 Å². The van der Waals surface area contributed by atoms with E-state index < -0.39 is 5.97 Å². The quantitative estimate of drug-likeness (QED) is 0.839. The normalized spacial score (nSPS) is 10.3. The summed E-state index contributed by atoms with van der Waals surface area (Å²) in [6.07, 6.45) is 0. The van der Waals surface area contributed by atoms with Gasteiger partial charge < -0.3 is 10.2 Å². The molecule has 0 fully saturated rings. The molecule has 0 aliphatic carbocycles. The minimum Gasteiger partial charge on any atom is -0.508 e. The number of aromatic carboxylic acids is 1. The molecule has 2 N–H and O–H groups in total. The van der Waals surface area contributed by atoms with Crippen molar-refractivity contribution < 1.29 is 15.0 Å². The van der Waals surface area contributed by atoms with Gasteiger partial charge in [0.05, 0.1) is 0 Å². The maximum absolute atomic E-state index is 10.7. The van der Waals surface area contributed by atoms with Gasteiger partial charge in [0, 0.05) is 0 Å². The van der Waals surface area contributed by atoms with Gasteiger partial charge >= 0.3 is 5.97 Å². The molecule has 0 amide bonds. The summed E-state index contributed by atoms with van der Waals surface area (Å²) < 4.78 is 0. The van der Waals surface area contributed by atoms with Gasteiger partial charge in [-0.05, 0) is 41.1 Å². The van der Waals surface area contributed by atoms with Crippen molar-refractivity contribution in [1.82, 2.24) is 0 Å². The summed E-state index contributed by atoms with van der Waals surface area (Å²) in [4.78, 5) is 11.0. The fourth-order valence-electron chi connectivity index (χ4n) is 1.39. The molecule has 0 aliphatic rings. The predicted octanol–water partition coefficient (Wildman–Crippen LogP) is 3.13. The topological polar surface area (TPSA) is 57.5 Å². The summed E-state index contributed by atoms with van der Waals surface area (Å²) in [7, 11) is 0. The van der Waals surface area contributed by atoms with Gasteiger partial charge in [0.15, 0.2) is 0 Å². The van der Waals surface area contributed by atoms with Crippen LogP contribution in [-0.2, 0) is 0 Å². The molecule has 0 saturated carbocycles. The van der Waals surface area contributed by atoms with Crippen LogP contribution in [0.1, 0.15) is 15.2 Å².